The van der Waals surface area contributed by atoms with E-state index in [0.29, 0.717) is 19.3 Å². The summed E-state index contributed by atoms with van der Waals surface area (Å²) in [6, 6.07) is 0. The molecule has 0 aromatic rings. The SMILES string of the molecule is C#CCCCC(=O)N1C(=O)[C@@H]([C@@H](C)O[Si](C)(C)C(C)(C)C)[C@H]1SCCN(CC)CC. The molecule has 3 atom stereocenters. The van der Waals surface area contributed by atoms with Crippen molar-refractivity contribution in [2.75, 3.05) is 25.4 Å². The lowest BCUT2D eigenvalue weighted by Crippen LogP contribution is -2.66. The number of unbranched alkanes of at least 4 members (excludes halogenated alkanes) is 1. The van der Waals surface area contributed by atoms with E-state index in [4.69, 9.17) is 10.8 Å². The van der Waals surface area contributed by atoms with E-state index in [1.165, 1.54) is 4.90 Å². The first-order valence-corrected chi connectivity index (χ1v) is 15.2. The maximum absolute atomic E-state index is 13.0. The minimum Gasteiger partial charge on any atom is -0.413 e. The van der Waals surface area contributed by atoms with Crippen LogP contribution in [0.1, 0.15) is 60.8 Å². The maximum Gasteiger partial charge on any atom is 0.238 e. The number of carbonyl (C=O) groups is 2. The summed E-state index contributed by atoms with van der Waals surface area (Å²) < 4.78 is 6.53. The van der Waals surface area contributed by atoms with Crippen molar-refractivity contribution in [1.29, 1.82) is 0 Å². The summed E-state index contributed by atoms with van der Waals surface area (Å²) in [7, 11) is -2.00. The van der Waals surface area contributed by atoms with Gasteiger partial charge in [-0.25, -0.2) is 0 Å². The summed E-state index contributed by atoms with van der Waals surface area (Å²) in [4.78, 5) is 29.6. The van der Waals surface area contributed by atoms with E-state index in [-0.39, 0.29) is 34.2 Å². The number of amides is 2. The van der Waals surface area contributed by atoms with Crippen LogP contribution in [0.15, 0.2) is 0 Å². The van der Waals surface area contributed by atoms with E-state index in [1.807, 2.05) is 6.92 Å². The Hall–Kier alpha value is -0.813. The largest absolute Gasteiger partial charge is 0.413 e. The van der Waals surface area contributed by atoms with Crippen molar-refractivity contribution < 1.29 is 14.0 Å². The number of imide groups is 1. The molecule has 2 amide bonds. The number of β-lactam (4-membered cyclic amide) rings is 1. The number of likely N-dealkylation sites (tertiary alicyclic amines) is 1. The fourth-order valence-corrected chi connectivity index (χ4v) is 6.33. The summed E-state index contributed by atoms with van der Waals surface area (Å²) in [6.07, 6.45) is 6.61. The average Bonchev–Trinajstić information content (AvgIpc) is 2.63. The number of rotatable bonds is 12. The third kappa shape index (κ3) is 6.85. The third-order valence-electron chi connectivity index (χ3n) is 6.45. The second-order valence-electron chi connectivity index (χ2n) is 9.56. The predicted octanol–water partition coefficient (Wildman–Crippen LogP) is 4.59. The number of hydrogen-bond donors (Lipinski definition) is 0. The average molecular weight is 455 g/mol. The van der Waals surface area contributed by atoms with Crippen LogP contribution < -0.4 is 0 Å². The fraction of sp³-hybridized carbons (Fsp3) is 0.826. The van der Waals surface area contributed by atoms with Crippen molar-refractivity contribution in [1.82, 2.24) is 9.80 Å². The van der Waals surface area contributed by atoms with Gasteiger partial charge in [0.1, 0.15) is 0 Å². The Morgan fingerprint density at radius 2 is 1.93 bits per heavy atom. The Labute approximate surface area is 189 Å². The molecule has 0 bridgehead atoms. The highest BCUT2D eigenvalue weighted by atomic mass is 32.2. The van der Waals surface area contributed by atoms with Crippen LogP contribution in [0.25, 0.3) is 0 Å². The Balaban J connectivity index is 2.90. The zero-order chi connectivity index (χ0) is 23.1. The Morgan fingerprint density at radius 3 is 2.43 bits per heavy atom. The number of terminal acetylenes is 1. The zero-order valence-electron chi connectivity index (χ0n) is 20.3. The number of carbonyl (C=O) groups excluding carboxylic acids is 2. The molecule has 0 aromatic carbocycles. The van der Waals surface area contributed by atoms with Gasteiger partial charge in [-0.1, -0.05) is 34.6 Å². The predicted molar refractivity (Wildman–Crippen MR) is 130 cm³/mol. The van der Waals surface area contributed by atoms with Crippen LogP contribution >= 0.6 is 11.8 Å². The summed E-state index contributed by atoms with van der Waals surface area (Å²) in [5.41, 5.74) is 0. The summed E-state index contributed by atoms with van der Waals surface area (Å²) in [5.74, 6) is 2.99. The lowest BCUT2D eigenvalue weighted by Gasteiger charge is -2.50. The molecular weight excluding hydrogens is 412 g/mol. The van der Waals surface area contributed by atoms with Crippen LogP contribution in [0.2, 0.25) is 18.1 Å². The van der Waals surface area contributed by atoms with Crippen LogP contribution in [-0.4, -0.2) is 66.8 Å². The lowest BCUT2D eigenvalue weighted by atomic mass is 9.92. The van der Waals surface area contributed by atoms with E-state index in [1.54, 1.807) is 11.8 Å². The second kappa shape index (κ2) is 11.7. The van der Waals surface area contributed by atoms with Crippen molar-refractivity contribution in [3.63, 3.8) is 0 Å². The van der Waals surface area contributed by atoms with Gasteiger partial charge in [0.05, 0.1) is 17.4 Å². The van der Waals surface area contributed by atoms with E-state index >= 15 is 0 Å². The Morgan fingerprint density at radius 1 is 1.33 bits per heavy atom. The molecule has 0 saturated carbocycles. The minimum atomic E-state index is -2.00. The summed E-state index contributed by atoms with van der Waals surface area (Å²) >= 11 is 1.71. The molecule has 1 rings (SSSR count). The van der Waals surface area contributed by atoms with Gasteiger partial charge in [0.25, 0.3) is 0 Å². The smallest absolute Gasteiger partial charge is 0.238 e. The van der Waals surface area contributed by atoms with Crippen LogP contribution in [0.3, 0.4) is 0 Å². The van der Waals surface area contributed by atoms with Gasteiger partial charge >= 0.3 is 0 Å². The Kier molecular flexibility index (Phi) is 10.6. The number of nitrogens with zero attached hydrogens (tertiary/aromatic N) is 2. The van der Waals surface area contributed by atoms with Crippen LogP contribution in [0.5, 0.6) is 0 Å². The van der Waals surface area contributed by atoms with Gasteiger partial charge in [-0.3, -0.25) is 14.5 Å². The molecule has 7 heteroatoms. The first-order chi connectivity index (χ1) is 13.9. The van der Waals surface area contributed by atoms with Crippen molar-refractivity contribution in [2.24, 2.45) is 5.92 Å². The van der Waals surface area contributed by atoms with Crippen molar-refractivity contribution in [3.05, 3.63) is 0 Å². The van der Waals surface area contributed by atoms with Crippen LogP contribution in [-0.2, 0) is 14.0 Å². The van der Waals surface area contributed by atoms with Crippen molar-refractivity contribution in [2.45, 2.75) is 90.4 Å². The molecule has 0 N–H and O–H groups in total. The molecular formula is C23H42N2O3SSi. The van der Waals surface area contributed by atoms with E-state index in [2.05, 4.69) is 58.5 Å². The topological polar surface area (TPSA) is 49.9 Å². The van der Waals surface area contributed by atoms with Gasteiger partial charge in [0.15, 0.2) is 8.32 Å². The highest BCUT2D eigenvalue weighted by molar-refractivity contribution is 8.00. The maximum atomic E-state index is 13.0. The highest BCUT2D eigenvalue weighted by Crippen LogP contribution is 2.43. The number of hydrogen-bond acceptors (Lipinski definition) is 5. The molecule has 0 spiro atoms. The molecule has 30 heavy (non-hydrogen) atoms. The van der Waals surface area contributed by atoms with Gasteiger partial charge < -0.3 is 9.33 Å². The molecule has 1 heterocycles. The summed E-state index contributed by atoms with van der Waals surface area (Å²) in [6.45, 7) is 20.3. The third-order valence-corrected chi connectivity index (χ3v) is 12.3. The molecule has 0 radical (unpaired) electrons. The van der Waals surface area contributed by atoms with E-state index in [9.17, 15) is 9.59 Å². The lowest BCUT2D eigenvalue weighted by molar-refractivity contribution is -0.165. The second-order valence-corrected chi connectivity index (χ2v) is 15.5. The number of thioether (sulfide) groups is 1. The Bertz CT molecular complexity index is 623. The molecule has 1 aliphatic rings. The fourth-order valence-electron chi connectivity index (χ4n) is 3.38. The molecule has 1 aliphatic heterocycles. The van der Waals surface area contributed by atoms with E-state index in [0.717, 1.165) is 25.4 Å². The monoisotopic (exact) mass is 454 g/mol. The van der Waals surface area contributed by atoms with Gasteiger partial charge in [-0.2, -0.15) is 0 Å². The molecule has 0 aliphatic carbocycles. The van der Waals surface area contributed by atoms with Crippen LogP contribution in [0.4, 0.5) is 0 Å². The van der Waals surface area contributed by atoms with E-state index < -0.39 is 8.32 Å². The highest BCUT2D eigenvalue weighted by Gasteiger charge is 2.54. The molecule has 1 saturated heterocycles. The van der Waals surface area contributed by atoms with Crippen LogP contribution in [0, 0.1) is 18.3 Å². The van der Waals surface area contributed by atoms with Gasteiger partial charge in [0, 0.05) is 25.1 Å². The quantitative estimate of drug-likeness (QED) is 0.187. The van der Waals surface area contributed by atoms with Gasteiger partial charge in [0.2, 0.25) is 11.8 Å². The first kappa shape index (κ1) is 27.2. The standard InChI is InChI=1S/C23H42N2O3SSi/c1-10-13-14-15-19(26)25-21(27)20(18(4)28-30(8,9)23(5,6)7)22(25)29-17-16-24(11-2)12-3/h1,18,20,22H,11-17H2,2-9H3/t18-,20-,22-/m1/s1. The van der Waals surface area contributed by atoms with Gasteiger partial charge in [-0.05, 0) is 44.6 Å². The molecule has 0 unspecified atom stereocenters. The molecule has 1 fully saturated rings. The normalized spacial score (nSPS) is 20.8. The minimum absolute atomic E-state index is 0.0736. The van der Waals surface area contributed by atoms with Crippen molar-refractivity contribution >= 4 is 31.9 Å². The van der Waals surface area contributed by atoms with Crippen molar-refractivity contribution in [3.8, 4) is 12.3 Å². The molecule has 5 nitrogen and oxygen atoms in total. The molecule has 172 valence electrons. The summed E-state index contributed by atoms with van der Waals surface area (Å²) in [5, 5.41) is -0.0735. The van der Waals surface area contributed by atoms with Gasteiger partial charge in [-0.15, -0.1) is 24.1 Å². The zero-order valence-corrected chi connectivity index (χ0v) is 22.1. The first-order valence-electron chi connectivity index (χ1n) is 11.2. The molecule has 0 aromatic heterocycles.